The normalized spacial score (nSPS) is 18.7. The van der Waals surface area contributed by atoms with Gasteiger partial charge in [-0.2, -0.15) is 0 Å². The highest BCUT2D eigenvalue weighted by molar-refractivity contribution is 6.10. The molecule has 0 N–H and O–H groups in total. The summed E-state index contributed by atoms with van der Waals surface area (Å²) < 4.78 is 43.0. The summed E-state index contributed by atoms with van der Waals surface area (Å²) in [6.07, 6.45) is 6.14. The third-order valence-electron chi connectivity index (χ3n) is 13.8. The second kappa shape index (κ2) is 17.4. The summed E-state index contributed by atoms with van der Waals surface area (Å²) in [5.74, 6) is 2.39. The summed E-state index contributed by atoms with van der Waals surface area (Å²) in [4.78, 5) is 4.77. The van der Waals surface area contributed by atoms with Crippen molar-refractivity contribution in [3.63, 3.8) is 0 Å². The Morgan fingerprint density at radius 3 is 1.78 bits per heavy atom. The molecule has 3 aliphatic heterocycles. The van der Waals surface area contributed by atoms with E-state index < -0.39 is 11.0 Å². The molecule has 6 aromatic carbocycles. The van der Waals surface area contributed by atoms with E-state index in [4.69, 9.17) is 33.2 Å². The van der Waals surface area contributed by atoms with Crippen LogP contribution in [0, 0.1) is 0 Å². The predicted octanol–water partition coefficient (Wildman–Crippen LogP) is 9.89. The number of rotatable bonds is 13. The van der Waals surface area contributed by atoms with Gasteiger partial charge < -0.3 is 43.0 Å². The van der Waals surface area contributed by atoms with Crippen LogP contribution in [0.4, 0.5) is 11.4 Å². The van der Waals surface area contributed by atoms with Gasteiger partial charge in [-0.1, -0.05) is 66.7 Å². The number of ether oxygens (including phenoxy) is 7. The first-order chi connectivity index (χ1) is 31.0. The van der Waals surface area contributed by atoms with Gasteiger partial charge >= 0.3 is 0 Å². The first kappa shape index (κ1) is 41.2. The largest absolute Gasteiger partial charge is 0.497 e. The second-order valence-electron chi connectivity index (χ2n) is 16.9. The Balaban J connectivity index is 1.22. The van der Waals surface area contributed by atoms with Crippen LogP contribution in [0.5, 0.6) is 17.2 Å². The molecule has 3 heterocycles. The van der Waals surface area contributed by atoms with E-state index in [2.05, 4.69) is 119 Å². The summed E-state index contributed by atoms with van der Waals surface area (Å²) in [5, 5.41) is 2.10. The Bertz CT molecular complexity index is 2600. The van der Waals surface area contributed by atoms with Crippen molar-refractivity contribution in [2.45, 2.75) is 23.9 Å². The molecule has 1 aliphatic carbocycles. The Morgan fingerprint density at radius 1 is 0.603 bits per heavy atom. The fourth-order valence-corrected chi connectivity index (χ4v) is 10.5. The van der Waals surface area contributed by atoms with Crippen LogP contribution < -0.4 is 24.0 Å². The summed E-state index contributed by atoms with van der Waals surface area (Å²) in [6.45, 7) is 7.60. The van der Waals surface area contributed by atoms with E-state index in [1.165, 1.54) is 33.6 Å². The van der Waals surface area contributed by atoms with Gasteiger partial charge in [-0.3, -0.25) is 0 Å². The molecule has 1 unspecified atom stereocenters. The average Bonchev–Trinajstić information content (AvgIpc) is 3.65. The molecule has 63 heavy (non-hydrogen) atoms. The molecule has 9 nitrogen and oxygen atoms in total. The van der Waals surface area contributed by atoms with E-state index in [9.17, 15) is 0 Å². The number of morpholine rings is 2. The van der Waals surface area contributed by atoms with Gasteiger partial charge in [-0.25, -0.2) is 0 Å². The van der Waals surface area contributed by atoms with Crippen LogP contribution in [0.1, 0.15) is 40.7 Å². The summed E-state index contributed by atoms with van der Waals surface area (Å²) >= 11 is 0. The van der Waals surface area contributed by atoms with Crippen molar-refractivity contribution in [3.05, 3.63) is 143 Å². The van der Waals surface area contributed by atoms with Crippen LogP contribution in [-0.2, 0) is 30.0 Å². The van der Waals surface area contributed by atoms with Gasteiger partial charge in [0.05, 0.1) is 40.6 Å². The lowest BCUT2D eigenvalue weighted by molar-refractivity contribution is 0.122. The van der Waals surface area contributed by atoms with E-state index in [1.807, 2.05) is 12.1 Å². The minimum Gasteiger partial charge on any atom is -0.497 e. The van der Waals surface area contributed by atoms with Gasteiger partial charge in [0.2, 0.25) is 0 Å². The van der Waals surface area contributed by atoms with Gasteiger partial charge in [0.1, 0.15) is 17.2 Å². The van der Waals surface area contributed by atoms with Crippen LogP contribution in [0.15, 0.2) is 115 Å². The quantitative estimate of drug-likeness (QED) is 0.113. The van der Waals surface area contributed by atoms with Crippen molar-refractivity contribution < 1.29 is 33.2 Å². The number of hydrogen-bond acceptors (Lipinski definition) is 9. The fourth-order valence-electron chi connectivity index (χ4n) is 10.5. The molecule has 0 amide bonds. The van der Waals surface area contributed by atoms with Crippen LogP contribution in [0.2, 0.25) is 0 Å². The lowest BCUT2D eigenvalue weighted by Crippen LogP contribution is -2.37. The Morgan fingerprint density at radius 2 is 1.19 bits per heavy atom. The molecule has 0 saturated carbocycles. The van der Waals surface area contributed by atoms with E-state index in [0.717, 1.165) is 121 Å². The van der Waals surface area contributed by atoms with Crippen LogP contribution >= 0.6 is 0 Å². The monoisotopic (exact) mass is 844 g/mol. The molecular weight excluding hydrogens is 789 g/mol. The van der Waals surface area contributed by atoms with Crippen molar-refractivity contribution >= 4 is 28.2 Å². The minimum absolute atomic E-state index is 0.413. The molecule has 324 valence electrons. The zero-order chi connectivity index (χ0) is 43.0. The van der Waals surface area contributed by atoms with Crippen molar-refractivity contribution in [3.8, 4) is 39.5 Å². The molecule has 4 aliphatic rings. The molecule has 0 radical (unpaired) electrons. The average molecular weight is 845 g/mol. The van der Waals surface area contributed by atoms with E-state index in [1.54, 1.807) is 28.4 Å². The predicted molar refractivity (Wildman–Crippen MR) is 251 cm³/mol. The SMILES string of the molecule is COCCC1(CCOC)c2ccccc2-c2c1c1c(c3cc(OC)c(-c4ccc(N5CCOCC5)cc4)cc23)OC(c2ccc(OC)cc2)(c2ccc(N3CCOCC3)cc2)C=C1. The zero-order valence-electron chi connectivity index (χ0n) is 36.8. The van der Waals surface area contributed by atoms with Crippen molar-refractivity contribution in [2.75, 3.05) is 104 Å². The van der Waals surface area contributed by atoms with E-state index in [-0.39, 0.29) is 0 Å². The second-order valence-corrected chi connectivity index (χ2v) is 16.9. The zero-order valence-corrected chi connectivity index (χ0v) is 36.8. The molecule has 9 heteroatoms. The first-order valence-electron chi connectivity index (χ1n) is 22.2. The standard InChI is InChI=1S/C54H56N2O7/c1-57-29-23-53(24-30-58-2)48-8-6-5-7-43(48)50-46-35-45(37-9-15-40(16-10-37)55-25-31-61-32-26-55)49(60-4)36-47(46)52-44(51(50)53)21-22-54(63-52,39-13-19-42(59-3)20-14-39)38-11-17-41(18-12-38)56-27-33-62-34-28-56/h5-22,35-36H,23-34H2,1-4H3. The number of methoxy groups -OCH3 is 4. The van der Waals surface area contributed by atoms with Crippen molar-refractivity contribution in [1.82, 2.24) is 0 Å². The topological polar surface area (TPSA) is 71.1 Å². The van der Waals surface area contributed by atoms with Crippen LogP contribution in [0.25, 0.3) is 39.1 Å². The fraction of sp³-hybridized carbons (Fsp3) is 0.333. The Kier molecular flexibility index (Phi) is 11.4. The summed E-state index contributed by atoms with van der Waals surface area (Å²) in [5.41, 5.74) is 11.2. The van der Waals surface area contributed by atoms with Crippen LogP contribution in [0.3, 0.4) is 0 Å². The van der Waals surface area contributed by atoms with Gasteiger partial charge in [0, 0.05) is 98.0 Å². The number of nitrogens with zero attached hydrogens (tertiary/aromatic N) is 2. The third kappa shape index (κ3) is 7.12. The molecule has 1 atom stereocenters. The summed E-state index contributed by atoms with van der Waals surface area (Å²) in [7, 11) is 7.05. The highest BCUT2D eigenvalue weighted by Gasteiger charge is 2.48. The molecule has 2 saturated heterocycles. The highest BCUT2D eigenvalue weighted by atomic mass is 16.5. The minimum atomic E-state index is -0.974. The van der Waals surface area contributed by atoms with Gasteiger partial charge in [-0.05, 0) is 101 Å². The van der Waals surface area contributed by atoms with Gasteiger partial charge in [-0.15, -0.1) is 0 Å². The lowest BCUT2D eigenvalue weighted by Gasteiger charge is -2.40. The third-order valence-corrected chi connectivity index (χ3v) is 13.8. The lowest BCUT2D eigenvalue weighted by atomic mass is 9.70. The molecular formula is C54H56N2O7. The Labute approximate surface area is 370 Å². The van der Waals surface area contributed by atoms with Crippen LogP contribution in [-0.4, -0.2) is 94.3 Å². The molecule has 0 bridgehead atoms. The van der Waals surface area contributed by atoms with Gasteiger partial charge in [0.15, 0.2) is 5.60 Å². The maximum atomic E-state index is 7.82. The number of benzene rings is 6. The highest BCUT2D eigenvalue weighted by Crippen LogP contribution is 2.61. The smallest absolute Gasteiger partial charge is 0.178 e. The maximum Gasteiger partial charge on any atom is 0.178 e. The number of anilines is 2. The molecule has 0 aromatic heterocycles. The molecule has 10 rings (SSSR count). The molecule has 6 aromatic rings. The van der Waals surface area contributed by atoms with Crippen molar-refractivity contribution in [1.29, 1.82) is 0 Å². The molecule has 0 spiro atoms. The summed E-state index contributed by atoms with van der Waals surface area (Å²) in [6, 6.07) is 39.5. The number of fused-ring (bicyclic) bond motifs is 8. The van der Waals surface area contributed by atoms with E-state index in [0.29, 0.717) is 13.2 Å². The number of hydrogen-bond donors (Lipinski definition) is 0. The van der Waals surface area contributed by atoms with E-state index >= 15 is 0 Å². The maximum absolute atomic E-state index is 7.82. The molecule has 2 fully saturated rings. The first-order valence-corrected chi connectivity index (χ1v) is 22.2. The van der Waals surface area contributed by atoms with Gasteiger partial charge in [0.25, 0.3) is 0 Å². The Hall–Kier alpha value is -5.84. The van der Waals surface area contributed by atoms with Crippen molar-refractivity contribution in [2.24, 2.45) is 0 Å².